The van der Waals surface area contributed by atoms with Crippen molar-refractivity contribution in [1.29, 1.82) is 0 Å². The van der Waals surface area contributed by atoms with Gasteiger partial charge in [0, 0.05) is 17.5 Å². The van der Waals surface area contributed by atoms with E-state index in [0.717, 1.165) is 19.3 Å². The van der Waals surface area contributed by atoms with Gasteiger partial charge in [-0.15, -0.1) is 0 Å². The van der Waals surface area contributed by atoms with Gasteiger partial charge in [-0.2, -0.15) is 0 Å². The minimum Gasteiger partial charge on any atom is -0.396 e. The van der Waals surface area contributed by atoms with E-state index in [1.54, 1.807) is 13.0 Å². The molecule has 1 aromatic heterocycles. The van der Waals surface area contributed by atoms with Crippen molar-refractivity contribution in [2.45, 2.75) is 39.2 Å². The number of hydrogen-bond donors (Lipinski definition) is 2. The lowest BCUT2D eigenvalue weighted by molar-refractivity contribution is 0.0797. The molecule has 2 atom stereocenters. The molecular formula is C12H18N2O3. The number of hydrogen-bond acceptors (Lipinski definition) is 4. The number of nitrogens with zero attached hydrogens (tertiary/aromatic N) is 1. The number of aliphatic hydroxyl groups excluding tert-OH is 1. The Kier molecular flexibility index (Phi) is 3.19. The van der Waals surface area contributed by atoms with Crippen LogP contribution >= 0.6 is 0 Å². The molecule has 17 heavy (non-hydrogen) atoms. The number of carbonyl (C=O) groups excluding carboxylic acids is 1. The van der Waals surface area contributed by atoms with Crippen molar-refractivity contribution in [2.75, 3.05) is 6.61 Å². The topological polar surface area (TPSA) is 75.4 Å². The van der Waals surface area contributed by atoms with Crippen LogP contribution in [-0.4, -0.2) is 28.8 Å². The second kappa shape index (κ2) is 4.49. The van der Waals surface area contributed by atoms with Crippen LogP contribution in [0.2, 0.25) is 0 Å². The highest BCUT2D eigenvalue weighted by Crippen LogP contribution is 2.37. The largest absolute Gasteiger partial charge is 0.396 e. The lowest BCUT2D eigenvalue weighted by Gasteiger charge is -2.29. The van der Waals surface area contributed by atoms with Crippen molar-refractivity contribution in [2.24, 2.45) is 5.41 Å². The molecule has 0 saturated heterocycles. The maximum absolute atomic E-state index is 11.9. The van der Waals surface area contributed by atoms with Crippen LogP contribution in [-0.2, 0) is 0 Å². The first-order valence-corrected chi connectivity index (χ1v) is 5.90. The van der Waals surface area contributed by atoms with E-state index in [1.807, 2.05) is 6.92 Å². The Balaban J connectivity index is 2.04. The number of aryl methyl sites for hydroxylation is 1. The lowest BCUT2D eigenvalue weighted by atomic mass is 9.86. The quantitative estimate of drug-likeness (QED) is 0.831. The van der Waals surface area contributed by atoms with Crippen molar-refractivity contribution >= 4 is 5.91 Å². The van der Waals surface area contributed by atoms with E-state index < -0.39 is 0 Å². The van der Waals surface area contributed by atoms with Crippen molar-refractivity contribution in [3.8, 4) is 0 Å². The standard InChI is InChI=1S/C12H18N2O3/c1-8-6-9(17-14-8)11(16)13-10-4-3-5-12(10,2)7-15/h6,10,15H,3-5,7H2,1-2H3,(H,13,16). The Morgan fingerprint density at radius 1 is 1.76 bits per heavy atom. The van der Waals surface area contributed by atoms with Gasteiger partial charge in [0.1, 0.15) is 0 Å². The zero-order chi connectivity index (χ0) is 12.5. The number of amides is 1. The molecule has 0 radical (unpaired) electrons. The summed E-state index contributed by atoms with van der Waals surface area (Å²) in [5, 5.41) is 16.0. The second-order valence-electron chi connectivity index (χ2n) is 5.06. The number of carbonyl (C=O) groups is 1. The van der Waals surface area contributed by atoms with Crippen LogP contribution in [0.3, 0.4) is 0 Å². The molecule has 0 spiro atoms. The Hall–Kier alpha value is -1.36. The summed E-state index contributed by atoms with van der Waals surface area (Å²) < 4.78 is 4.91. The minimum absolute atomic E-state index is 0.00501. The molecule has 1 aliphatic carbocycles. The highest BCUT2D eigenvalue weighted by molar-refractivity contribution is 5.91. The first-order chi connectivity index (χ1) is 8.05. The van der Waals surface area contributed by atoms with Crippen LogP contribution in [0.15, 0.2) is 10.6 Å². The fraction of sp³-hybridized carbons (Fsp3) is 0.667. The summed E-state index contributed by atoms with van der Waals surface area (Å²) in [6.07, 6.45) is 2.86. The maximum atomic E-state index is 11.9. The molecule has 2 N–H and O–H groups in total. The number of nitrogens with one attached hydrogen (secondary N) is 1. The molecule has 2 unspecified atom stereocenters. The van der Waals surface area contributed by atoms with E-state index in [4.69, 9.17) is 4.52 Å². The normalized spacial score (nSPS) is 28.3. The predicted octanol–water partition coefficient (Wildman–Crippen LogP) is 1.26. The van der Waals surface area contributed by atoms with E-state index in [2.05, 4.69) is 10.5 Å². The summed E-state index contributed by atoms with van der Waals surface area (Å²) in [7, 11) is 0. The van der Waals surface area contributed by atoms with Gasteiger partial charge in [0.2, 0.25) is 5.76 Å². The Morgan fingerprint density at radius 2 is 2.53 bits per heavy atom. The van der Waals surface area contributed by atoms with Crippen LogP contribution in [0.4, 0.5) is 0 Å². The van der Waals surface area contributed by atoms with E-state index in [0.29, 0.717) is 5.69 Å². The zero-order valence-electron chi connectivity index (χ0n) is 10.2. The summed E-state index contributed by atoms with van der Waals surface area (Å²) >= 11 is 0. The molecule has 1 amide bonds. The second-order valence-corrected chi connectivity index (χ2v) is 5.06. The minimum atomic E-state index is -0.253. The zero-order valence-corrected chi connectivity index (χ0v) is 10.2. The van der Waals surface area contributed by atoms with Gasteiger partial charge < -0.3 is 14.9 Å². The highest BCUT2D eigenvalue weighted by Gasteiger charge is 2.39. The molecule has 0 bridgehead atoms. The lowest BCUT2D eigenvalue weighted by Crippen LogP contribution is -2.44. The predicted molar refractivity (Wildman–Crippen MR) is 61.5 cm³/mol. The first-order valence-electron chi connectivity index (χ1n) is 5.90. The molecule has 1 fully saturated rings. The number of aliphatic hydroxyl groups is 1. The highest BCUT2D eigenvalue weighted by atomic mass is 16.5. The van der Waals surface area contributed by atoms with Crippen molar-refractivity contribution in [3.05, 3.63) is 17.5 Å². The fourth-order valence-electron chi connectivity index (χ4n) is 2.37. The average Bonchev–Trinajstić information content (AvgIpc) is 2.87. The van der Waals surface area contributed by atoms with Crippen LogP contribution in [0.1, 0.15) is 42.4 Å². The molecule has 1 aliphatic rings. The Morgan fingerprint density at radius 3 is 3.12 bits per heavy atom. The van der Waals surface area contributed by atoms with E-state index in [1.165, 1.54) is 0 Å². The van der Waals surface area contributed by atoms with Crippen molar-refractivity contribution < 1.29 is 14.4 Å². The van der Waals surface area contributed by atoms with E-state index in [9.17, 15) is 9.90 Å². The monoisotopic (exact) mass is 238 g/mol. The summed E-state index contributed by atoms with van der Waals surface area (Å²) in [5.41, 5.74) is 0.469. The van der Waals surface area contributed by atoms with Crippen LogP contribution < -0.4 is 5.32 Å². The molecule has 5 heteroatoms. The van der Waals surface area contributed by atoms with E-state index in [-0.39, 0.29) is 29.7 Å². The Labute approximate surface area is 100 Å². The van der Waals surface area contributed by atoms with Crippen LogP contribution in [0.5, 0.6) is 0 Å². The summed E-state index contributed by atoms with van der Waals surface area (Å²) in [4.78, 5) is 11.9. The summed E-state index contributed by atoms with van der Waals surface area (Å²) in [5.74, 6) is -0.0214. The van der Waals surface area contributed by atoms with Gasteiger partial charge in [-0.05, 0) is 19.8 Å². The van der Waals surface area contributed by atoms with E-state index >= 15 is 0 Å². The first kappa shape index (κ1) is 12.1. The third-order valence-electron chi connectivity index (χ3n) is 3.60. The van der Waals surface area contributed by atoms with Gasteiger partial charge in [0.15, 0.2) is 0 Å². The average molecular weight is 238 g/mol. The van der Waals surface area contributed by atoms with Gasteiger partial charge in [-0.1, -0.05) is 18.5 Å². The number of aromatic nitrogens is 1. The summed E-state index contributed by atoms with van der Waals surface area (Å²) in [6.45, 7) is 3.86. The smallest absolute Gasteiger partial charge is 0.290 e. The molecule has 94 valence electrons. The molecule has 1 aromatic rings. The molecule has 2 rings (SSSR count). The molecule has 0 aliphatic heterocycles. The maximum Gasteiger partial charge on any atom is 0.290 e. The van der Waals surface area contributed by atoms with Crippen LogP contribution in [0.25, 0.3) is 0 Å². The fourth-order valence-corrected chi connectivity index (χ4v) is 2.37. The van der Waals surface area contributed by atoms with Gasteiger partial charge in [-0.25, -0.2) is 0 Å². The molecule has 1 saturated carbocycles. The van der Waals surface area contributed by atoms with Gasteiger partial charge in [0.05, 0.1) is 12.3 Å². The third kappa shape index (κ3) is 2.34. The number of rotatable bonds is 3. The molecule has 5 nitrogen and oxygen atoms in total. The SMILES string of the molecule is Cc1cc(C(=O)NC2CCCC2(C)CO)on1. The van der Waals surface area contributed by atoms with Gasteiger partial charge in [-0.3, -0.25) is 4.79 Å². The summed E-state index contributed by atoms with van der Waals surface area (Å²) in [6, 6.07) is 1.62. The van der Waals surface area contributed by atoms with Crippen molar-refractivity contribution in [3.63, 3.8) is 0 Å². The third-order valence-corrected chi connectivity index (χ3v) is 3.60. The van der Waals surface area contributed by atoms with Crippen molar-refractivity contribution in [1.82, 2.24) is 10.5 Å². The van der Waals surface area contributed by atoms with Crippen LogP contribution in [0, 0.1) is 12.3 Å². The molecule has 1 heterocycles. The Bertz CT molecular complexity index is 416. The molecule has 0 aromatic carbocycles. The van der Waals surface area contributed by atoms with Gasteiger partial charge >= 0.3 is 0 Å². The van der Waals surface area contributed by atoms with Gasteiger partial charge in [0.25, 0.3) is 5.91 Å². The molecular weight excluding hydrogens is 220 g/mol.